The van der Waals surface area contributed by atoms with Gasteiger partial charge in [-0.2, -0.15) is 4.72 Å². The minimum atomic E-state index is -3.61. The first-order chi connectivity index (χ1) is 6.95. The van der Waals surface area contributed by atoms with E-state index in [-0.39, 0.29) is 10.0 Å². The van der Waals surface area contributed by atoms with E-state index in [2.05, 4.69) is 15.6 Å². The van der Waals surface area contributed by atoms with Gasteiger partial charge in [-0.25, -0.2) is 13.4 Å². The Labute approximate surface area is 93.7 Å². The molecule has 80 valence electrons. The van der Waals surface area contributed by atoms with Gasteiger partial charge in [0, 0.05) is 6.20 Å². The van der Waals surface area contributed by atoms with Gasteiger partial charge < -0.3 is 0 Å². The molecule has 0 fully saturated rings. The van der Waals surface area contributed by atoms with Crippen LogP contribution in [0.3, 0.4) is 0 Å². The van der Waals surface area contributed by atoms with Crippen LogP contribution in [-0.2, 0) is 10.0 Å². The lowest BCUT2D eigenvalue weighted by Gasteiger charge is -2.08. The highest BCUT2D eigenvalue weighted by Crippen LogP contribution is 2.12. The predicted molar refractivity (Wildman–Crippen MR) is 57.9 cm³/mol. The number of sulfonamides is 1. The summed E-state index contributed by atoms with van der Waals surface area (Å²) in [4.78, 5) is 3.73. The molecule has 1 atom stereocenters. The number of pyridine rings is 1. The van der Waals surface area contributed by atoms with Gasteiger partial charge in [-0.15, -0.1) is 6.42 Å². The molecule has 1 aromatic rings. The van der Waals surface area contributed by atoms with Crippen LogP contribution < -0.4 is 4.72 Å². The number of nitrogens with zero attached hydrogens (tertiary/aromatic N) is 1. The minimum absolute atomic E-state index is 0.0459. The fourth-order valence-corrected chi connectivity index (χ4v) is 2.30. The first kappa shape index (κ1) is 12.0. The normalized spacial score (nSPS) is 13.1. The van der Waals surface area contributed by atoms with E-state index in [4.69, 9.17) is 18.0 Å². The van der Waals surface area contributed by atoms with Crippen LogP contribution in [0.25, 0.3) is 0 Å². The van der Waals surface area contributed by atoms with Crippen molar-refractivity contribution in [3.8, 4) is 12.3 Å². The molecule has 0 bridgehead atoms. The van der Waals surface area contributed by atoms with Gasteiger partial charge in [-0.3, -0.25) is 0 Å². The van der Waals surface area contributed by atoms with Crippen LogP contribution in [0.15, 0.2) is 23.2 Å². The van der Waals surface area contributed by atoms with Crippen LogP contribution in [0, 0.1) is 12.3 Å². The summed E-state index contributed by atoms with van der Waals surface area (Å²) in [6.45, 7) is 1.57. The summed E-state index contributed by atoms with van der Waals surface area (Å²) in [6, 6.07) is 2.03. The molecule has 0 saturated heterocycles. The van der Waals surface area contributed by atoms with E-state index in [0.717, 1.165) is 0 Å². The fourth-order valence-electron chi connectivity index (χ4n) is 0.887. The summed E-state index contributed by atoms with van der Waals surface area (Å²) in [5.74, 6) is 2.27. The Morgan fingerprint density at radius 3 is 2.87 bits per heavy atom. The summed E-state index contributed by atoms with van der Waals surface area (Å²) >= 11 is 5.58. The summed E-state index contributed by atoms with van der Waals surface area (Å²) in [5.41, 5.74) is 0. The Morgan fingerprint density at radius 1 is 1.67 bits per heavy atom. The Bertz CT molecular complexity index is 493. The SMILES string of the molecule is C#CC(C)NS(=O)(=O)c1ccnc(Cl)c1. The van der Waals surface area contributed by atoms with E-state index in [1.807, 2.05) is 0 Å². The molecule has 1 heterocycles. The van der Waals surface area contributed by atoms with Crippen LogP contribution in [-0.4, -0.2) is 19.4 Å². The summed E-state index contributed by atoms with van der Waals surface area (Å²) in [6.07, 6.45) is 6.39. The van der Waals surface area contributed by atoms with Gasteiger partial charge in [0.15, 0.2) is 0 Å². The highest BCUT2D eigenvalue weighted by molar-refractivity contribution is 7.89. The van der Waals surface area contributed by atoms with E-state index >= 15 is 0 Å². The molecule has 0 spiro atoms. The summed E-state index contributed by atoms with van der Waals surface area (Å²) in [5, 5.41) is 0.117. The van der Waals surface area contributed by atoms with Crippen molar-refractivity contribution in [1.82, 2.24) is 9.71 Å². The first-order valence-electron chi connectivity index (χ1n) is 4.06. The van der Waals surface area contributed by atoms with E-state index in [1.54, 1.807) is 6.92 Å². The van der Waals surface area contributed by atoms with Crippen molar-refractivity contribution >= 4 is 21.6 Å². The van der Waals surface area contributed by atoms with Crippen LogP contribution in [0.4, 0.5) is 0 Å². The average molecular weight is 245 g/mol. The Kier molecular flexibility index (Phi) is 3.69. The molecule has 1 N–H and O–H groups in total. The van der Waals surface area contributed by atoms with Gasteiger partial charge in [0.2, 0.25) is 10.0 Å². The molecule has 4 nitrogen and oxygen atoms in total. The number of rotatable bonds is 3. The van der Waals surface area contributed by atoms with Crippen LogP contribution >= 0.6 is 11.6 Å². The van der Waals surface area contributed by atoms with Crippen molar-refractivity contribution in [1.29, 1.82) is 0 Å². The number of halogens is 1. The van der Waals surface area contributed by atoms with Gasteiger partial charge in [-0.1, -0.05) is 17.5 Å². The topological polar surface area (TPSA) is 59.1 Å². The minimum Gasteiger partial charge on any atom is -0.244 e. The number of terminal acetylenes is 1. The Balaban J connectivity index is 3.03. The van der Waals surface area contributed by atoms with Crippen molar-refractivity contribution in [3.05, 3.63) is 23.5 Å². The molecule has 0 aliphatic heterocycles. The summed E-state index contributed by atoms with van der Waals surface area (Å²) < 4.78 is 25.6. The third-order valence-corrected chi connectivity index (χ3v) is 3.34. The van der Waals surface area contributed by atoms with Crippen molar-refractivity contribution in [2.45, 2.75) is 17.9 Å². The van der Waals surface area contributed by atoms with E-state index in [9.17, 15) is 8.42 Å². The van der Waals surface area contributed by atoms with Gasteiger partial charge in [0.1, 0.15) is 5.15 Å². The zero-order valence-electron chi connectivity index (χ0n) is 7.94. The zero-order valence-corrected chi connectivity index (χ0v) is 9.51. The average Bonchev–Trinajstić information content (AvgIpc) is 2.17. The van der Waals surface area contributed by atoms with Gasteiger partial charge in [0.05, 0.1) is 10.9 Å². The molecule has 1 rings (SSSR count). The standard InChI is InChI=1S/C9H9ClN2O2S/c1-3-7(2)12-15(13,14)8-4-5-11-9(10)6-8/h1,4-7,12H,2H3. The molecule has 0 aromatic carbocycles. The quantitative estimate of drug-likeness (QED) is 0.638. The van der Waals surface area contributed by atoms with Crippen molar-refractivity contribution in [2.24, 2.45) is 0 Å². The Morgan fingerprint density at radius 2 is 2.33 bits per heavy atom. The first-order valence-corrected chi connectivity index (χ1v) is 5.92. The number of aromatic nitrogens is 1. The zero-order chi connectivity index (χ0) is 11.5. The molecule has 0 aliphatic rings. The van der Waals surface area contributed by atoms with Gasteiger partial charge in [0.25, 0.3) is 0 Å². The third kappa shape index (κ3) is 3.20. The maximum Gasteiger partial charge on any atom is 0.241 e. The number of hydrogen-bond donors (Lipinski definition) is 1. The predicted octanol–water partition coefficient (Wildman–Crippen LogP) is 1.04. The van der Waals surface area contributed by atoms with Gasteiger partial charge >= 0.3 is 0 Å². The van der Waals surface area contributed by atoms with Crippen molar-refractivity contribution in [3.63, 3.8) is 0 Å². The lowest BCUT2D eigenvalue weighted by atomic mass is 10.4. The lowest BCUT2D eigenvalue weighted by molar-refractivity contribution is 0.577. The Hall–Kier alpha value is -1.09. The second kappa shape index (κ2) is 4.62. The van der Waals surface area contributed by atoms with Crippen molar-refractivity contribution in [2.75, 3.05) is 0 Å². The molecular formula is C9H9ClN2O2S. The highest BCUT2D eigenvalue weighted by Gasteiger charge is 2.16. The lowest BCUT2D eigenvalue weighted by Crippen LogP contribution is -2.31. The number of hydrogen-bond acceptors (Lipinski definition) is 3. The second-order valence-electron chi connectivity index (χ2n) is 2.82. The number of nitrogens with one attached hydrogen (secondary N) is 1. The molecule has 1 unspecified atom stereocenters. The molecule has 15 heavy (non-hydrogen) atoms. The van der Waals surface area contributed by atoms with Crippen molar-refractivity contribution < 1.29 is 8.42 Å². The molecular weight excluding hydrogens is 236 g/mol. The molecule has 0 radical (unpaired) electrons. The maximum absolute atomic E-state index is 11.7. The fraction of sp³-hybridized carbons (Fsp3) is 0.222. The van der Waals surface area contributed by atoms with E-state index in [1.165, 1.54) is 18.3 Å². The maximum atomic E-state index is 11.7. The van der Waals surface area contributed by atoms with E-state index in [0.29, 0.717) is 0 Å². The molecule has 6 heteroatoms. The molecule has 0 saturated carbocycles. The second-order valence-corrected chi connectivity index (χ2v) is 4.93. The largest absolute Gasteiger partial charge is 0.244 e. The van der Waals surface area contributed by atoms with Gasteiger partial charge in [-0.05, 0) is 19.1 Å². The smallest absolute Gasteiger partial charge is 0.241 e. The van der Waals surface area contributed by atoms with Crippen LogP contribution in [0.1, 0.15) is 6.92 Å². The monoisotopic (exact) mass is 244 g/mol. The van der Waals surface area contributed by atoms with Crippen LogP contribution in [0.5, 0.6) is 0 Å². The summed E-state index contributed by atoms with van der Waals surface area (Å²) in [7, 11) is -3.61. The third-order valence-electron chi connectivity index (χ3n) is 1.59. The van der Waals surface area contributed by atoms with E-state index < -0.39 is 16.1 Å². The highest BCUT2D eigenvalue weighted by atomic mass is 35.5. The molecule has 1 aromatic heterocycles. The molecule has 0 amide bonds. The molecule has 0 aliphatic carbocycles. The van der Waals surface area contributed by atoms with Crippen LogP contribution in [0.2, 0.25) is 5.15 Å².